The van der Waals surface area contributed by atoms with Gasteiger partial charge in [0.05, 0.1) is 12.2 Å². The summed E-state index contributed by atoms with van der Waals surface area (Å²) in [7, 11) is 0. The minimum absolute atomic E-state index is 0.0715. The molecule has 1 amide bonds. The molecule has 0 spiro atoms. The first-order valence-corrected chi connectivity index (χ1v) is 6.01. The van der Waals surface area contributed by atoms with E-state index in [-0.39, 0.29) is 6.54 Å². The van der Waals surface area contributed by atoms with Gasteiger partial charge in [0.2, 0.25) is 0 Å². The van der Waals surface area contributed by atoms with E-state index >= 15 is 0 Å². The Kier molecular flexibility index (Phi) is 3.21. The number of ether oxygens (including phenoxy) is 1. The molecule has 2 N–H and O–H groups in total. The Morgan fingerprint density at radius 1 is 1.53 bits per heavy atom. The molecule has 0 radical (unpaired) electrons. The number of nitrogens with one attached hydrogen (secondary N) is 1. The van der Waals surface area contributed by atoms with Crippen LogP contribution >= 0.6 is 0 Å². The van der Waals surface area contributed by atoms with Gasteiger partial charge in [-0.2, -0.15) is 5.10 Å². The summed E-state index contributed by atoms with van der Waals surface area (Å²) < 4.78 is 5.26. The van der Waals surface area contributed by atoms with E-state index in [2.05, 4.69) is 10.2 Å². The third kappa shape index (κ3) is 2.86. The Balaban J connectivity index is 2.19. The zero-order valence-corrected chi connectivity index (χ0v) is 11.1. The molecular weight excluding hydrogens is 250 g/mol. The maximum Gasteiger partial charge on any atom is 0.410 e. The van der Waals surface area contributed by atoms with E-state index in [0.717, 1.165) is 0 Å². The lowest BCUT2D eigenvalue weighted by atomic mass is 9.97. The Morgan fingerprint density at radius 2 is 2.21 bits per heavy atom. The summed E-state index contributed by atoms with van der Waals surface area (Å²) in [5.74, 6) is -1.82. The predicted octanol–water partition coefficient (Wildman–Crippen LogP) is 1.33. The minimum atomic E-state index is -0.999. The molecule has 104 valence electrons. The molecule has 1 unspecified atom stereocenters. The van der Waals surface area contributed by atoms with Crippen LogP contribution in [0.1, 0.15) is 37.9 Å². The van der Waals surface area contributed by atoms with E-state index in [1.165, 1.54) is 4.90 Å². The fraction of sp³-hybridized carbons (Fsp3) is 0.583. The third-order valence-electron chi connectivity index (χ3n) is 2.80. The lowest BCUT2D eigenvalue weighted by Gasteiger charge is -2.32. The molecule has 0 saturated heterocycles. The second-order valence-electron chi connectivity index (χ2n) is 5.55. The number of aromatic amines is 1. The number of carboxylic acids is 1. The number of aliphatic carboxylic acids is 1. The van der Waals surface area contributed by atoms with Crippen LogP contribution in [0.3, 0.4) is 0 Å². The van der Waals surface area contributed by atoms with Gasteiger partial charge in [-0.25, -0.2) is 4.79 Å². The Morgan fingerprint density at radius 3 is 2.79 bits per heavy atom. The SMILES string of the molecule is CC(C)(C)OC(=O)N1Cc2c[nH]nc2C(C(=O)O)C1. The third-order valence-corrected chi connectivity index (χ3v) is 2.80. The Labute approximate surface area is 110 Å². The van der Waals surface area contributed by atoms with Gasteiger partial charge in [-0.15, -0.1) is 0 Å². The molecule has 7 nitrogen and oxygen atoms in total. The van der Waals surface area contributed by atoms with Gasteiger partial charge in [0.1, 0.15) is 11.5 Å². The second kappa shape index (κ2) is 4.56. The number of carboxylic acid groups (broad SMARTS) is 1. The first-order valence-electron chi connectivity index (χ1n) is 6.01. The smallest absolute Gasteiger partial charge is 0.410 e. The van der Waals surface area contributed by atoms with Gasteiger partial charge < -0.3 is 14.7 Å². The molecule has 2 rings (SSSR count). The lowest BCUT2D eigenvalue weighted by molar-refractivity contribution is -0.139. The Hall–Kier alpha value is -2.05. The number of H-pyrrole nitrogens is 1. The lowest BCUT2D eigenvalue weighted by Crippen LogP contribution is -2.43. The van der Waals surface area contributed by atoms with Crippen LogP contribution in [0.2, 0.25) is 0 Å². The summed E-state index contributed by atoms with van der Waals surface area (Å²) in [5.41, 5.74) is 0.601. The molecule has 1 aromatic heterocycles. The van der Waals surface area contributed by atoms with Crippen molar-refractivity contribution in [1.82, 2.24) is 15.1 Å². The average Bonchev–Trinajstić information content (AvgIpc) is 2.72. The molecule has 0 fully saturated rings. The van der Waals surface area contributed by atoms with Crippen LogP contribution in [-0.4, -0.2) is 44.4 Å². The first-order chi connectivity index (χ1) is 8.78. The van der Waals surface area contributed by atoms with Crippen LogP contribution in [0.5, 0.6) is 0 Å². The zero-order chi connectivity index (χ0) is 14.2. The summed E-state index contributed by atoms with van der Waals surface area (Å²) in [6.45, 7) is 5.69. The molecule has 2 heterocycles. The van der Waals surface area contributed by atoms with Crippen molar-refractivity contribution in [3.63, 3.8) is 0 Å². The van der Waals surface area contributed by atoms with Crippen LogP contribution < -0.4 is 0 Å². The Bertz CT molecular complexity index is 503. The number of carbonyl (C=O) groups excluding carboxylic acids is 1. The van der Waals surface area contributed by atoms with Gasteiger partial charge in [0.25, 0.3) is 0 Å². The van der Waals surface area contributed by atoms with E-state index in [0.29, 0.717) is 17.8 Å². The van der Waals surface area contributed by atoms with Gasteiger partial charge in [-0.1, -0.05) is 0 Å². The average molecular weight is 267 g/mol. The molecule has 0 aliphatic carbocycles. The van der Waals surface area contributed by atoms with Crippen LogP contribution in [0.15, 0.2) is 6.20 Å². The molecule has 1 aliphatic rings. The largest absolute Gasteiger partial charge is 0.481 e. The highest BCUT2D eigenvalue weighted by Gasteiger charge is 2.36. The van der Waals surface area contributed by atoms with E-state index in [4.69, 9.17) is 4.74 Å². The van der Waals surface area contributed by atoms with Gasteiger partial charge in [-0.05, 0) is 20.8 Å². The molecule has 0 aromatic carbocycles. The summed E-state index contributed by atoms with van der Waals surface area (Å²) in [4.78, 5) is 24.6. The summed E-state index contributed by atoms with van der Waals surface area (Å²) in [6.07, 6.45) is 1.10. The molecule has 1 atom stereocenters. The normalized spacial score (nSPS) is 18.9. The monoisotopic (exact) mass is 267 g/mol. The molecule has 0 bridgehead atoms. The fourth-order valence-electron chi connectivity index (χ4n) is 1.99. The number of amides is 1. The highest BCUT2D eigenvalue weighted by atomic mass is 16.6. The summed E-state index contributed by atoms with van der Waals surface area (Å²) in [5, 5.41) is 15.8. The van der Waals surface area contributed by atoms with Gasteiger partial charge >= 0.3 is 12.1 Å². The van der Waals surface area contributed by atoms with E-state index in [9.17, 15) is 14.7 Å². The van der Waals surface area contributed by atoms with Crippen molar-refractivity contribution in [1.29, 1.82) is 0 Å². The van der Waals surface area contributed by atoms with Crippen molar-refractivity contribution in [2.24, 2.45) is 0 Å². The number of hydrogen-bond acceptors (Lipinski definition) is 4. The number of fused-ring (bicyclic) bond motifs is 1. The van der Waals surface area contributed by atoms with E-state index in [1.54, 1.807) is 27.0 Å². The zero-order valence-electron chi connectivity index (χ0n) is 11.1. The molecule has 1 aromatic rings. The number of carbonyl (C=O) groups is 2. The van der Waals surface area contributed by atoms with Gasteiger partial charge in [0, 0.05) is 18.3 Å². The maximum absolute atomic E-state index is 12.0. The van der Waals surface area contributed by atoms with Crippen LogP contribution in [0.25, 0.3) is 0 Å². The quantitative estimate of drug-likeness (QED) is 0.800. The van der Waals surface area contributed by atoms with E-state index < -0.39 is 23.6 Å². The van der Waals surface area contributed by atoms with Crippen molar-refractivity contribution < 1.29 is 19.4 Å². The van der Waals surface area contributed by atoms with Crippen molar-refractivity contribution in [3.05, 3.63) is 17.5 Å². The highest BCUT2D eigenvalue weighted by Crippen LogP contribution is 2.27. The van der Waals surface area contributed by atoms with Crippen molar-refractivity contribution in [2.75, 3.05) is 6.54 Å². The van der Waals surface area contributed by atoms with Crippen LogP contribution in [0.4, 0.5) is 4.79 Å². The fourth-order valence-corrected chi connectivity index (χ4v) is 1.99. The molecule has 19 heavy (non-hydrogen) atoms. The molecule has 7 heteroatoms. The first kappa shape index (κ1) is 13.4. The summed E-state index contributed by atoms with van der Waals surface area (Å²) >= 11 is 0. The standard InChI is InChI=1S/C12H17N3O4/c1-12(2,3)19-11(18)15-5-7-4-13-14-9(7)8(6-15)10(16)17/h4,8H,5-6H2,1-3H3,(H,13,14)(H,16,17). The van der Waals surface area contributed by atoms with Crippen LogP contribution in [-0.2, 0) is 16.1 Å². The number of hydrogen-bond donors (Lipinski definition) is 2. The van der Waals surface area contributed by atoms with Crippen LogP contribution in [0, 0.1) is 0 Å². The van der Waals surface area contributed by atoms with Crippen molar-refractivity contribution in [2.45, 2.75) is 38.8 Å². The van der Waals surface area contributed by atoms with E-state index in [1.807, 2.05) is 0 Å². The number of rotatable bonds is 1. The summed E-state index contributed by atoms with van der Waals surface area (Å²) in [6, 6.07) is 0. The maximum atomic E-state index is 12.0. The molecule has 1 aliphatic heterocycles. The predicted molar refractivity (Wildman–Crippen MR) is 65.6 cm³/mol. The number of nitrogens with zero attached hydrogens (tertiary/aromatic N) is 2. The number of aromatic nitrogens is 2. The molecular formula is C12H17N3O4. The minimum Gasteiger partial charge on any atom is -0.481 e. The van der Waals surface area contributed by atoms with Crippen molar-refractivity contribution >= 4 is 12.1 Å². The highest BCUT2D eigenvalue weighted by molar-refractivity contribution is 5.78. The second-order valence-corrected chi connectivity index (χ2v) is 5.55. The van der Waals surface area contributed by atoms with Crippen molar-refractivity contribution in [3.8, 4) is 0 Å². The topological polar surface area (TPSA) is 95.5 Å². The molecule has 0 saturated carbocycles. The van der Waals surface area contributed by atoms with Gasteiger partial charge in [0.15, 0.2) is 0 Å². The van der Waals surface area contributed by atoms with Gasteiger partial charge in [-0.3, -0.25) is 9.89 Å².